The fourth-order valence-electron chi connectivity index (χ4n) is 2.01. The summed E-state index contributed by atoms with van der Waals surface area (Å²) in [4.78, 5) is 2.34. The molecule has 0 spiro atoms. The molecule has 1 saturated heterocycles. The van der Waals surface area contributed by atoms with Crippen LogP contribution in [0.3, 0.4) is 0 Å². The summed E-state index contributed by atoms with van der Waals surface area (Å²) in [5.74, 6) is 3.59. The van der Waals surface area contributed by atoms with Crippen LogP contribution in [0, 0.1) is 18.3 Å². The predicted molar refractivity (Wildman–Crippen MR) is 61.2 cm³/mol. The Morgan fingerprint density at radius 1 is 1.57 bits per heavy atom. The van der Waals surface area contributed by atoms with Crippen LogP contribution in [-0.4, -0.2) is 37.6 Å². The van der Waals surface area contributed by atoms with Crippen molar-refractivity contribution < 1.29 is 0 Å². The first-order valence-corrected chi connectivity index (χ1v) is 5.73. The van der Waals surface area contributed by atoms with E-state index >= 15 is 0 Å². The molecule has 1 unspecified atom stereocenters. The molecule has 0 aromatic carbocycles. The summed E-state index contributed by atoms with van der Waals surface area (Å²) in [6, 6.07) is 0. The summed E-state index contributed by atoms with van der Waals surface area (Å²) >= 11 is 0. The maximum absolute atomic E-state index is 5.31. The summed E-state index contributed by atoms with van der Waals surface area (Å²) in [7, 11) is 0. The van der Waals surface area contributed by atoms with Crippen molar-refractivity contribution in [3.63, 3.8) is 0 Å². The molecule has 1 fully saturated rings. The summed E-state index contributed by atoms with van der Waals surface area (Å²) in [5.41, 5.74) is 0. The van der Waals surface area contributed by atoms with Crippen molar-refractivity contribution >= 4 is 0 Å². The van der Waals surface area contributed by atoms with Gasteiger partial charge >= 0.3 is 0 Å². The van der Waals surface area contributed by atoms with Crippen LogP contribution in [0.25, 0.3) is 0 Å². The Morgan fingerprint density at radius 3 is 3.00 bits per heavy atom. The third-order valence-electron chi connectivity index (χ3n) is 3.01. The molecule has 1 rings (SSSR count). The molecule has 1 aliphatic rings. The van der Waals surface area contributed by atoms with Gasteiger partial charge in [-0.3, -0.25) is 4.90 Å². The second kappa shape index (κ2) is 6.86. The molecular weight excluding hydrogens is 172 g/mol. The quantitative estimate of drug-likeness (QED) is 0.664. The van der Waals surface area contributed by atoms with Crippen molar-refractivity contribution in [3.8, 4) is 12.3 Å². The van der Waals surface area contributed by atoms with Crippen LogP contribution in [0.2, 0.25) is 0 Å². The maximum Gasteiger partial charge on any atom is 0.0598 e. The van der Waals surface area contributed by atoms with Gasteiger partial charge in [-0.1, -0.05) is 12.8 Å². The number of nitrogens with one attached hydrogen (secondary N) is 1. The molecule has 14 heavy (non-hydrogen) atoms. The van der Waals surface area contributed by atoms with Gasteiger partial charge in [-0.25, -0.2) is 0 Å². The number of piperidine rings is 1. The highest BCUT2D eigenvalue weighted by Gasteiger charge is 2.13. The number of nitrogens with zero attached hydrogens (tertiary/aromatic N) is 1. The minimum atomic E-state index is 0.802. The monoisotopic (exact) mass is 194 g/mol. The summed E-state index contributed by atoms with van der Waals surface area (Å²) in [6.45, 7) is 7.62. The van der Waals surface area contributed by atoms with Crippen molar-refractivity contribution in [2.24, 2.45) is 5.92 Å². The first-order valence-electron chi connectivity index (χ1n) is 5.73. The molecule has 0 aliphatic carbocycles. The number of terminal acetylenes is 1. The van der Waals surface area contributed by atoms with Crippen LogP contribution in [-0.2, 0) is 0 Å². The molecule has 0 bridgehead atoms. The highest BCUT2D eigenvalue weighted by molar-refractivity contribution is 4.88. The molecule has 0 saturated carbocycles. The molecule has 0 aromatic rings. The van der Waals surface area contributed by atoms with Gasteiger partial charge in [-0.2, -0.15) is 0 Å². The zero-order valence-electron chi connectivity index (χ0n) is 9.26. The zero-order chi connectivity index (χ0) is 10.2. The van der Waals surface area contributed by atoms with Gasteiger partial charge < -0.3 is 5.32 Å². The van der Waals surface area contributed by atoms with Crippen molar-refractivity contribution in [2.45, 2.75) is 26.2 Å². The van der Waals surface area contributed by atoms with Crippen LogP contribution in [0.5, 0.6) is 0 Å². The largest absolute Gasteiger partial charge is 0.316 e. The highest BCUT2D eigenvalue weighted by Crippen LogP contribution is 2.14. The molecular formula is C12H22N2. The van der Waals surface area contributed by atoms with Gasteiger partial charge in [-0.05, 0) is 51.4 Å². The lowest BCUT2D eigenvalue weighted by Crippen LogP contribution is -2.33. The molecule has 2 heteroatoms. The number of hydrogen-bond donors (Lipinski definition) is 1. The lowest BCUT2D eigenvalue weighted by Gasteiger charge is -2.25. The Morgan fingerprint density at radius 2 is 2.43 bits per heavy atom. The Labute approximate surface area is 88.1 Å². The minimum absolute atomic E-state index is 0.802. The molecule has 1 atom stereocenters. The van der Waals surface area contributed by atoms with Crippen molar-refractivity contribution in [1.82, 2.24) is 10.2 Å². The van der Waals surface area contributed by atoms with E-state index in [0.29, 0.717) is 0 Å². The summed E-state index contributed by atoms with van der Waals surface area (Å²) in [6.07, 6.45) is 9.33. The first-order chi connectivity index (χ1) is 6.86. The third-order valence-corrected chi connectivity index (χ3v) is 3.01. The lowest BCUT2D eigenvalue weighted by molar-refractivity contribution is 0.267. The van der Waals surface area contributed by atoms with Gasteiger partial charge in [0.1, 0.15) is 0 Å². The van der Waals surface area contributed by atoms with Crippen LogP contribution in [0.1, 0.15) is 26.2 Å². The SMILES string of the molecule is C#CCN(CC)CCC1CCCNC1. The van der Waals surface area contributed by atoms with Gasteiger partial charge in [0.25, 0.3) is 0 Å². The van der Waals surface area contributed by atoms with E-state index in [-0.39, 0.29) is 0 Å². The average molecular weight is 194 g/mol. The average Bonchev–Trinajstić information content (AvgIpc) is 2.25. The molecule has 0 radical (unpaired) electrons. The lowest BCUT2D eigenvalue weighted by atomic mass is 9.96. The van der Waals surface area contributed by atoms with Gasteiger partial charge in [0.2, 0.25) is 0 Å². The Hall–Kier alpha value is -0.520. The second-order valence-corrected chi connectivity index (χ2v) is 4.07. The fourth-order valence-corrected chi connectivity index (χ4v) is 2.01. The maximum atomic E-state index is 5.31. The normalized spacial score (nSPS) is 22.2. The van der Waals surface area contributed by atoms with Crippen LogP contribution < -0.4 is 5.32 Å². The van der Waals surface area contributed by atoms with Gasteiger partial charge in [-0.15, -0.1) is 6.42 Å². The fraction of sp³-hybridized carbons (Fsp3) is 0.833. The van der Waals surface area contributed by atoms with Gasteiger partial charge in [0.05, 0.1) is 6.54 Å². The zero-order valence-corrected chi connectivity index (χ0v) is 9.26. The van der Waals surface area contributed by atoms with E-state index in [2.05, 4.69) is 23.1 Å². The van der Waals surface area contributed by atoms with Crippen molar-refractivity contribution in [3.05, 3.63) is 0 Å². The molecule has 80 valence electrons. The first kappa shape index (κ1) is 11.6. The van der Waals surface area contributed by atoms with E-state index < -0.39 is 0 Å². The smallest absolute Gasteiger partial charge is 0.0598 e. The molecule has 1 N–H and O–H groups in total. The van der Waals surface area contributed by atoms with E-state index in [1.165, 1.54) is 32.4 Å². The minimum Gasteiger partial charge on any atom is -0.316 e. The second-order valence-electron chi connectivity index (χ2n) is 4.07. The van der Waals surface area contributed by atoms with Gasteiger partial charge in [0, 0.05) is 0 Å². The summed E-state index contributed by atoms with van der Waals surface area (Å²) in [5, 5.41) is 3.45. The van der Waals surface area contributed by atoms with Crippen LogP contribution in [0.4, 0.5) is 0 Å². The Kier molecular flexibility index (Phi) is 5.66. The van der Waals surface area contributed by atoms with Crippen LogP contribution >= 0.6 is 0 Å². The van der Waals surface area contributed by atoms with E-state index in [9.17, 15) is 0 Å². The molecule has 1 aliphatic heterocycles. The predicted octanol–water partition coefficient (Wildman–Crippen LogP) is 1.33. The van der Waals surface area contributed by atoms with Crippen molar-refractivity contribution in [1.29, 1.82) is 0 Å². The van der Waals surface area contributed by atoms with E-state index in [0.717, 1.165) is 25.6 Å². The molecule has 2 nitrogen and oxygen atoms in total. The van der Waals surface area contributed by atoms with E-state index in [1.54, 1.807) is 0 Å². The molecule has 0 amide bonds. The van der Waals surface area contributed by atoms with E-state index in [1.807, 2.05) is 0 Å². The molecule has 0 aromatic heterocycles. The van der Waals surface area contributed by atoms with Crippen molar-refractivity contribution in [2.75, 3.05) is 32.7 Å². The Bertz CT molecular complexity index is 177. The Balaban J connectivity index is 2.14. The third kappa shape index (κ3) is 4.13. The topological polar surface area (TPSA) is 15.3 Å². The van der Waals surface area contributed by atoms with Gasteiger partial charge in [0.15, 0.2) is 0 Å². The highest BCUT2D eigenvalue weighted by atomic mass is 15.1. The molecule has 1 heterocycles. The summed E-state index contributed by atoms with van der Waals surface area (Å²) < 4.78 is 0. The van der Waals surface area contributed by atoms with Crippen LogP contribution in [0.15, 0.2) is 0 Å². The number of hydrogen-bond acceptors (Lipinski definition) is 2. The standard InChI is InChI=1S/C12H22N2/c1-3-9-14(4-2)10-7-12-6-5-8-13-11-12/h1,12-13H,4-11H2,2H3. The van der Waals surface area contributed by atoms with E-state index in [4.69, 9.17) is 6.42 Å². The number of rotatable bonds is 5.